The number of hydrogen-bond acceptors (Lipinski definition) is 8. The Balaban J connectivity index is 1.80. The van der Waals surface area contributed by atoms with Gasteiger partial charge in [0.25, 0.3) is 0 Å². The first-order valence-corrected chi connectivity index (χ1v) is 8.71. The van der Waals surface area contributed by atoms with E-state index in [2.05, 4.69) is 15.1 Å². The van der Waals surface area contributed by atoms with Crippen LogP contribution in [0.5, 0.6) is 0 Å². The van der Waals surface area contributed by atoms with Crippen LogP contribution in [-0.4, -0.2) is 33.3 Å². The Morgan fingerprint density at radius 3 is 2.45 bits per heavy atom. The number of benzene rings is 1. The van der Waals surface area contributed by atoms with E-state index < -0.39 is 0 Å². The van der Waals surface area contributed by atoms with Crippen LogP contribution in [0.4, 0.5) is 10.9 Å². The van der Waals surface area contributed by atoms with Crippen LogP contribution in [0, 0.1) is 0 Å². The lowest BCUT2D eigenvalue weighted by Gasteiger charge is -2.19. The van der Waals surface area contributed by atoms with Gasteiger partial charge >= 0.3 is 0 Å². The van der Waals surface area contributed by atoms with Gasteiger partial charge in [-0.1, -0.05) is 23.5 Å². The molecule has 4 rings (SSSR count). The lowest BCUT2D eigenvalue weighted by Crippen LogP contribution is -2.20. The maximum atomic E-state index is 5.67. The number of aromatic nitrogens is 4. The fourth-order valence-electron chi connectivity index (χ4n) is 2.52. The molecule has 3 aromatic rings. The van der Waals surface area contributed by atoms with Gasteiger partial charge in [0.05, 0.1) is 11.0 Å². The fraction of sp³-hybridized carbons (Fsp3) is 0.286. The zero-order valence-electron chi connectivity index (χ0n) is 11.8. The second-order valence-corrected chi connectivity index (χ2v) is 7.29. The van der Waals surface area contributed by atoms with Crippen molar-refractivity contribution in [1.82, 2.24) is 20.2 Å². The first-order chi connectivity index (χ1) is 10.8. The van der Waals surface area contributed by atoms with E-state index in [4.69, 9.17) is 15.7 Å². The average molecular weight is 330 g/mol. The molecule has 0 atom stereocenters. The summed E-state index contributed by atoms with van der Waals surface area (Å²) in [6.45, 7) is 2.05. The minimum absolute atomic E-state index is 0.471. The quantitative estimate of drug-likeness (QED) is 0.791. The second-order valence-electron chi connectivity index (χ2n) is 5.04. The van der Waals surface area contributed by atoms with E-state index in [1.54, 1.807) is 0 Å². The van der Waals surface area contributed by atoms with E-state index in [9.17, 15) is 0 Å². The Morgan fingerprint density at radius 1 is 1.05 bits per heavy atom. The monoisotopic (exact) mass is 330 g/mol. The normalized spacial score (nSPS) is 14.8. The van der Waals surface area contributed by atoms with Crippen LogP contribution in [0.15, 0.2) is 33.6 Å². The van der Waals surface area contributed by atoms with Crippen molar-refractivity contribution in [2.75, 3.05) is 23.7 Å². The van der Waals surface area contributed by atoms with Crippen LogP contribution >= 0.6 is 23.1 Å². The highest BCUT2D eigenvalue weighted by Crippen LogP contribution is 2.36. The molecule has 0 bridgehead atoms. The third-order valence-electron chi connectivity index (χ3n) is 3.53. The number of nitrogens with two attached hydrogens (primary N) is 1. The SMILES string of the molecule is Nc1nnc(Sc2nc3ccccc3nc2N2CCCC2)s1. The van der Waals surface area contributed by atoms with E-state index in [1.807, 2.05) is 24.3 Å². The Bertz CT molecular complexity index is 812. The molecule has 0 saturated carbocycles. The largest absolute Gasteiger partial charge is 0.374 e. The standard InChI is InChI=1S/C14H14N6S2/c15-13-18-19-14(22-13)21-12-11(20-7-3-4-8-20)16-9-5-1-2-6-10(9)17-12/h1-2,5-6H,3-4,7-8H2,(H2,15,18). The van der Waals surface area contributed by atoms with Crippen LogP contribution in [0.25, 0.3) is 11.0 Å². The van der Waals surface area contributed by atoms with Gasteiger partial charge < -0.3 is 10.6 Å². The predicted molar refractivity (Wildman–Crippen MR) is 89.4 cm³/mol. The highest BCUT2D eigenvalue weighted by molar-refractivity contribution is 8.01. The third-order valence-corrected chi connectivity index (χ3v) is 5.30. The summed E-state index contributed by atoms with van der Waals surface area (Å²) < 4.78 is 0.794. The molecule has 6 nitrogen and oxygen atoms in total. The van der Waals surface area contributed by atoms with Gasteiger partial charge in [0.2, 0.25) is 5.13 Å². The van der Waals surface area contributed by atoms with Gasteiger partial charge in [-0.15, -0.1) is 10.2 Å². The minimum atomic E-state index is 0.471. The molecule has 1 aliphatic heterocycles. The molecule has 22 heavy (non-hydrogen) atoms. The van der Waals surface area contributed by atoms with Crippen molar-refractivity contribution in [1.29, 1.82) is 0 Å². The first kappa shape index (κ1) is 13.7. The van der Waals surface area contributed by atoms with Crippen molar-refractivity contribution < 1.29 is 0 Å². The molecule has 3 heterocycles. The first-order valence-electron chi connectivity index (χ1n) is 7.08. The Morgan fingerprint density at radius 2 is 1.77 bits per heavy atom. The minimum Gasteiger partial charge on any atom is -0.374 e. The van der Waals surface area contributed by atoms with Gasteiger partial charge in [0, 0.05) is 13.1 Å². The Labute approximate surface area is 135 Å². The van der Waals surface area contributed by atoms with Crippen LogP contribution < -0.4 is 10.6 Å². The van der Waals surface area contributed by atoms with Crippen LogP contribution in [0.1, 0.15) is 12.8 Å². The fourth-order valence-corrected chi connectivity index (χ4v) is 4.18. The van der Waals surface area contributed by atoms with Crippen LogP contribution in [-0.2, 0) is 0 Å². The van der Waals surface area contributed by atoms with E-state index in [0.717, 1.165) is 39.3 Å². The number of para-hydroxylation sites is 2. The van der Waals surface area contributed by atoms with Gasteiger partial charge in [-0.05, 0) is 36.7 Å². The zero-order chi connectivity index (χ0) is 14.9. The molecular weight excluding hydrogens is 316 g/mol. The number of anilines is 2. The third kappa shape index (κ3) is 2.59. The molecule has 112 valence electrons. The van der Waals surface area contributed by atoms with Crippen molar-refractivity contribution >= 4 is 45.1 Å². The zero-order valence-corrected chi connectivity index (χ0v) is 13.4. The lowest BCUT2D eigenvalue weighted by atomic mass is 10.3. The Kier molecular flexibility index (Phi) is 3.55. The summed E-state index contributed by atoms with van der Waals surface area (Å²) in [6, 6.07) is 7.95. The van der Waals surface area contributed by atoms with Crippen LogP contribution in [0.2, 0.25) is 0 Å². The van der Waals surface area contributed by atoms with Gasteiger partial charge in [-0.25, -0.2) is 9.97 Å². The summed E-state index contributed by atoms with van der Waals surface area (Å²) in [7, 11) is 0. The lowest BCUT2D eigenvalue weighted by molar-refractivity contribution is 0.901. The number of nitrogen functional groups attached to an aromatic ring is 1. The number of hydrogen-bond donors (Lipinski definition) is 1. The summed E-state index contributed by atoms with van der Waals surface area (Å²) in [6.07, 6.45) is 2.40. The maximum Gasteiger partial charge on any atom is 0.203 e. The molecule has 8 heteroatoms. The maximum absolute atomic E-state index is 5.67. The molecule has 0 spiro atoms. The summed E-state index contributed by atoms with van der Waals surface area (Å²) in [5, 5.41) is 9.29. The summed E-state index contributed by atoms with van der Waals surface area (Å²) >= 11 is 2.86. The van der Waals surface area contributed by atoms with Crippen molar-refractivity contribution in [2.45, 2.75) is 22.2 Å². The van der Waals surface area contributed by atoms with E-state index in [1.165, 1.54) is 35.9 Å². The van der Waals surface area contributed by atoms with Crippen molar-refractivity contribution in [2.24, 2.45) is 0 Å². The Hall–Kier alpha value is -1.93. The molecule has 2 N–H and O–H groups in total. The highest BCUT2D eigenvalue weighted by atomic mass is 32.2. The van der Waals surface area contributed by atoms with Gasteiger partial charge in [-0.3, -0.25) is 0 Å². The summed E-state index contributed by atoms with van der Waals surface area (Å²) in [5.74, 6) is 0.940. The second kappa shape index (κ2) is 5.69. The van der Waals surface area contributed by atoms with E-state index in [-0.39, 0.29) is 0 Å². The molecule has 1 fully saturated rings. The van der Waals surface area contributed by atoms with Crippen molar-refractivity contribution in [3.8, 4) is 0 Å². The molecule has 0 unspecified atom stereocenters. The van der Waals surface area contributed by atoms with Crippen LogP contribution in [0.3, 0.4) is 0 Å². The molecule has 0 radical (unpaired) electrons. The van der Waals surface area contributed by atoms with Gasteiger partial charge in [0.1, 0.15) is 5.03 Å². The average Bonchev–Trinajstić information content (AvgIpc) is 3.18. The summed E-state index contributed by atoms with van der Waals surface area (Å²) in [4.78, 5) is 11.9. The predicted octanol–water partition coefficient (Wildman–Crippen LogP) is 2.81. The van der Waals surface area contributed by atoms with Crippen molar-refractivity contribution in [3.63, 3.8) is 0 Å². The molecule has 2 aromatic heterocycles. The topological polar surface area (TPSA) is 80.8 Å². The smallest absolute Gasteiger partial charge is 0.203 e. The highest BCUT2D eigenvalue weighted by Gasteiger charge is 2.21. The number of nitrogens with zero attached hydrogens (tertiary/aromatic N) is 5. The van der Waals surface area contributed by atoms with Crippen molar-refractivity contribution in [3.05, 3.63) is 24.3 Å². The number of rotatable bonds is 3. The van der Waals surface area contributed by atoms with E-state index in [0.29, 0.717) is 5.13 Å². The number of fused-ring (bicyclic) bond motifs is 1. The molecular formula is C14H14N6S2. The molecule has 1 saturated heterocycles. The molecule has 0 amide bonds. The van der Waals surface area contributed by atoms with E-state index >= 15 is 0 Å². The molecule has 1 aliphatic rings. The molecule has 1 aromatic carbocycles. The van der Waals surface area contributed by atoms with Gasteiger partial charge in [-0.2, -0.15) is 0 Å². The summed E-state index contributed by atoms with van der Waals surface area (Å²) in [5.41, 5.74) is 7.48. The molecule has 0 aliphatic carbocycles. The van der Waals surface area contributed by atoms with Gasteiger partial charge in [0.15, 0.2) is 10.2 Å².